The van der Waals surface area contributed by atoms with Gasteiger partial charge in [-0.3, -0.25) is 4.79 Å². The first-order valence-corrected chi connectivity index (χ1v) is 10.4. The number of aromatic nitrogens is 1. The van der Waals surface area contributed by atoms with Gasteiger partial charge in [0.15, 0.2) is 11.5 Å². The highest BCUT2D eigenvalue weighted by Crippen LogP contribution is 2.38. The number of benzene rings is 2. The van der Waals surface area contributed by atoms with Crippen LogP contribution in [0, 0.1) is 0 Å². The van der Waals surface area contributed by atoms with Crippen LogP contribution >= 0.6 is 11.8 Å². The Hall–Kier alpha value is -2.60. The predicted octanol–water partition coefficient (Wildman–Crippen LogP) is 4.47. The van der Waals surface area contributed by atoms with E-state index in [4.69, 9.17) is 9.47 Å². The monoisotopic (exact) mass is 396 g/mol. The van der Waals surface area contributed by atoms with E-state index in [1.807, 2.05) is 43.0 Å². The van der Waals surface area contributed by atoms with Crippen molar-refractivity contribution in [3.8, 4) is 11.5 Å². The summed E-state index contributed by atoms with van der Waals surface area (Å²) in [6, 6.07) is 14.0. The summed E-state index contributed by atoms with van der Waals surface area (Å²) in [5.74, 6) is 1.32. The molecule has 1 aromatic heterocycles. The maximum absolute atomic E-state index is 12.9. The zero-order valence-corrected chi connectivity index (χ0v) is 17.1. The van der Waals surface area contributed by atoms with Crippen molar-refractivity contribution in [1.29, 1.82) is 0 Å². The van der Waals surface area contributed by atoms with Gasteiger partial charge in [-0.05, 0) is 36.8 Å². The third-order valence-electron chi connectivity index (χ3n) is 4.86. The molecule has 1 aliphatic rings. The lowest BCUT2D eigenvalue weighted by Crippen LogP contribution is -2.27. The molecule has 1 aliphatic heterocycles. The van der Waals surface area contributed by atoms with E-state index in [1.165, 1.54) is 10.4 Å². The molecule has 0 saturated heterocycles. The van der Waals surface area contributed by atoms with Crippen LogP contribution in [0.4, 0.5) is 0 Å². The van der Waals surface area contributed by atoms with Crippen LogP contribution in [0.25, 0.3) is 10.9 Å². The number of para-hydroxylation sites is 1. The van der Waals surface area contributed by atoms with Gasteiger partial charge in [0, 0.05) is 28.6 Å². The summed E-state index contributed by atoms with van der Waals surface area (Å²) in [4.78, 5) is 14.2. The van der Waals surface area contributed by atoms with E-state index < -0.39 is 0 Å². The van der Waals surface area contributed by atoms with E-state index >= 15 is 0 Å². The maximum atomic E-state index is 12.9. The second-order valence-corrected chi connectivity index (χ2v) is 8.34. The number of carbonyl (C=O) groups excluding carboxylic acids is 1. The summed E-state index contributed by atoms with van der Waals surface area (Å²) in [5, 5.41) is 4.60. The highest BCUT2D eigenvalue weighted by molar-refractivity contribution is 8.00. The molecule has 0 radical (unpaired) electrons. The fraction of sp³-hybridized carbons (Fsp3) is 0.318. The van der Waals surface area contributed by atoms with Gasteiger partial charge in [-0.2, -0.15) is 0 Å². The molecule has 1 N–H and O–H groups in total. The molecular formula is C22H24N2O3S. The Morgan fingerprint density at radius 1 is 1.25 bits per heavy atom. The smallest absolute Gasteiger partial charge is 0.268 e. The van der Waals surface area contributed by atoms with Gasteiger partial charge in [0.1, 0.15) is 5.69 Å². The molecule has 2 heterocycles. The van der Waals surface area contributed by atoms with Gasteiger partial charge in [0.05, 0.1) is 19.2 Å². The molecule has 1 amide bonds. The van der Waals surface area contributed by atoms with Crippen molar-refractivity contribution in [1.82, 2.24) is 9.88 Å². The van der Waals surface area contributed by atoms with E-state index in [0.717, 1.165) is 17.5 Å². The highest BCUT2D eigenvalue weighted by Gasteiger charge is 2.23. The van der Waals surface area contributed by atoms with Gasteiger partial charge >= 0.3 is 0 Å². The van der Waals surface area contributed by atoms with E-state index in [-0.39, 0.29) is 5.91 Å². The Bertz CT molecular complexity index is 1030. The van der Waals surface area contributed by atoms with E-state index in [1.54, 1.807) is 7.11 Å². The number of rotatable bonds is 6. The summed E-state index contributed by atoms with van der Waals surface area (Å²) in [5.41, 5.74) is 2.85. The molecule has 0 bridgehead atoms. The minimum absolute atomic E-state index is 0.0610. The number of carbonyl (C=O) groups is 1. The van der Waals surface area contributed by atoms with Gasteiger partial charge in [-0.25, -0.2) is 0 Å². The number of hydrogen-bond acceptors (Lipinski definition) is 4. The molecular weight excluding hydrogens is 372 g/mol. The first-order chi connectivity index (χ1) is 13.6. The molecule has 1 atom stereocenters. The lowest BCUT2D eigenvalue weighted by molar-refractivity contribution is 0.0942. The molecule has 0 saturated carbocycles. The quantitative estimate of drug-likeness (QED) is 0.668. The average Bonchev–Trinajstić information content (AvgIpc) is 3.07. The number of ether oxygens (including phenoxy) is 2. The normalized spacial score (nSPS) is 15.5. The first-order valence-electron chi connectivity index (χ1n) is 9.47. The van der Waals surface area contributed by atoms with Crippen LogP contribution < -0.4 is 14.8 Å². The molecule has 0 unspecified atom stereocenters. The van der Waals surface area contributed by atoms with Crippen molar-refractivity contribution in [2.45, 2.75) is 37.1 Å². The molecule has 6 heteroatoms. The van der Waals surface area contributed by atoms with Gasteiger partial charge in [-0.1, -0.05) is 25.1 Å². The van der Waals surface area contributed by atoms with Crippen LogP contribution in [0.1, 0.15) is 29.9 Å². The zero-order valence-electron chi connectivity index (χ0n) is 16.3. The van der Waals surface area contributed by atoms with E-state index in [2.05, 4.69) is 35.0 Å². The summed E-state index contributed by atoms with van der Waals surface area (Å²) >= 11 is 1.87. The second kappa shape index (κ2) is 7.80. The topological polar surface area (TPSA) is 52.5 Å². The van der Waals surface area contributed by atoms with Crippen LogP contribution in [-0.2, 0) is 13.1 Å². The predicted molar refractivity (Wildman–Crippen MR) is 113 cm³/mol. The molecule has 4 rings (SSSR count). The number of amides is 1. The van der Waals surface area contributed by atoms with Gasteiger partial charge < -0.3 is 19.4 Å². The summed E-state index contributed by atoms with van der Waals surface area (Å²) < 4.78 is 13.1. The maximum Gasteiger partial charge on any atom is 0.268 e. The van der Waals surface area contributed by atoms with Crippen molar-refractivity contribution in [3.05, 3.63) is 53.7 Å². The highest BCUT2D eigenvalue weighted by atomic mass is 32.2. The van der Waals surface area contributed by atoms with E-state index in [9.17, 15) is 4.79 Å². The van der Waals surface area contributed by atoms with Crippen molar-refractivity contribution in [2.75, 3.05) is 13.7 Å². The van der Waals surface area contributed by atoms with Crippen LogP contribution in [0.5, 0.6) is 11.5 Å². The van der Waals surface area contributed by atoms with Crippen LogP contribution in [0.2, 0.25) is 0 Å². The molecule has 5 nitrogen and oxygen atoms in total. The summed E-state index contributed by atoms with van der Waals surface area (Å²) in [7, 11) is 1.62. The standard InChI is InChI=1S/C22H24N2O3S/c1-4-27-18-9-8-15(10-19(18)26-3)12-23-22(25)17-11-16-6-5-7-20-21(16)24(17)13-14(2)28-20/h5-11,14H,4,12-13H2,1-3H3,(H,23,25)/t14-/m1/s1. The Balaban J connectivity index is 1.55. The fourth-order valence-corrected chi connectivity index (χ4v) is 4.80. The van der Waals surface area contributed by atoms with Crippen LogP contribution in [0.3, 0.4) is 0 Å². The number of nitrogens with one attached hydrogen (secondary N) is 1. The van der Waals surface area contributed by atoms with Crippen LogP contribution in [0.15, 0.2) is 47.4 Å². The molecule has 2 aromatic carbocycles. The number of hydrogen-bond donors (Lipinski definition) is 1. The second-order valence-electron chi connectivity index (χ2n) is 6.86. The number of thioether (sulfide) groups is 1. The first kappa shape index (κ1) is 18.7. The molecule has 28 heavy (non-hydrogen) atoms. The minimum atomic E-state index is -0.0610. The fourth-order valence-electron chi connectivity index (χ4n) is 3.64. The van der Waals surface area contributed by atoms with Gasteiger partial charge in [-0.15, -0.1) is 11.8 Å². The molecule has 3 aromatic rings. The molecule has 0 fully saturated rings. The third-order valence-corrected chi connectivity index (χ3v) is 6.00. The summed E-state index contributed by atoms with van der Waals surface area (Å²) in [6.45, 7) is 5.98. The largest absolute Gasteiger partial charge is 0.493 e. The van der Waals surface area contributed by atoms with Crippen molar-refractivity contribution >= 4 is 28.6 Å². The zero-order chi connectivity index (χ0) is 19.7. The Labute approximate surface area is 169 Å². The summed E-state index contributed by atoms with van der Waals surface area (Å²) in [6.07, 6.45) is 0. The van der Waals surface area contributed by atoms with Crippen LogP contribution in [-0.4, -0.2) is 29.4 Å². The van der Waals surface area contributed by atoms with Crippen molar-refractivity contribution < 1.29 is 14.3 Å². The SMILES string of the molecule is CCOc1ccc(CNC(=O)c2cc3cccc4c3n2C[C@@H](C)S4)cc1OC. The van der Waals surface area contributed by atoms with Gasteiger partial charge in [0.2, 0.25) is 0 Å². The number of methoxy groups -OCH3 is 1. The molecule has 146 valence electrons. The lowest BCUT2D eigenvalue weighted by Gasteiger charge is -2.22. The lowest BCUT2D eigenvalue weighted by atomic mass is 10.2. The van der Waals surface area contributed by atoms with Crippen molar-refractivity contribution in [3.63, 3.8) is 0 Å². The average molecular weight is 397 g/mol. The van der Waals surface area contributed by atoms with Crippen molar-refractivity contribution in [2.24, 2.45) is 0 Å². The third kappa shape index (κ3) is 3.44. The Morgan fingerprint density at radius 3 is 2.89 bits per heavy atom. The molecule has 0 aliphatic carbocycles. The molecule has 0 spiro atoms. The van der Waals surface area contributed by atoms with Gasteiger partial charge in [0.25, 0.3) is 5.91 Å². The Kier molecular flexibility index (Phi) is 5.22. The van der Waals surface area contributed by atoms with E-state index in [0.29, 0.717) is 35.6 Å². The Morgan fingerprint density at radius 2 is 2.11 bits per heavy atom. The number of nitrogens with zero attached hydrogens (tertiary/aromatic N) is 1. The minimum Gasteiger partial charge on any atom is -0.493 e.